The number of nitrogens with zero attached hydrogens (tertiary/aromatic N) is 4. The molecule has 0 unspecified atom stereocenters. The SMILES string of the molecule is CSc1nnc(CCCNC(=O)CCc2ncc(-c3ccc(F)cc3)o2)n1C1CCCC1. The minimum Gasteiger partial charge on any atom is -0.441 e. The van der Waals surface area contributed by atoms with E-state index in [1.165, 1.54) is 37.8 Å². The van der Waals surface area contributed by atoms with E-state index in [0.29, 0.717) is 37.1 Å². The van der Waals surface area contributed by atoms with Crippen LogP contribution in [0, 0.1) is 5.82 Å². The lowest BCUT2D eigenvalue weighted by Gasteiger charge is -2.16. The van der Waals surface area contributed by atoms with E-state index in [-0.39, 0.29) is 11.7 Å². The fraction of sp³-hybridized carbons (Fsp3) is 0.478. The van der Waals surface area contributed by atoms with Gasteiger partial charge in [0.05, 0.1) is 6.20 Å². The van der Waals surface area contributed by atoms with Crippen LogP contribution in [0.5, 0.6) is 0 Å². The number of amides is 1. The van der Waals surface area contributed by atoms with Gasteiger partial charge >= 0.3 is 0 Å². The molecule has 0 aliphatic heterocycles. The van der Waals surface area contributed by atoms with Gasteiger partial charge < -0.3 is 14.3 Å². The topological polar surface area (TPSA) is 85.8 Å². The number of carbonyl (C=O) groups excluding carboxylic acids is 1. The van der Waals surface area contributed by atoms with Crippen LogP contribution in [0.25, 0.3) is 11.3 Å². The molecule has 170 valence electrons. The highest BCUT2D eigenvalue weighted by Gasteiger charge is 2.23. The molecule has 3 aromatic rings. The largest absolute Gasteiger partial charge is 0.441 e. The first kappa shape index (κ1) is 22.5. The number of oxazole rings is 1. The van der Waals surface area contributed by atoms with Crippen LogP contribution in [0.4, 0.5) is 4.39 Å². The summed E-state index contributed by atoms with van der Waals surface area (Å²) in [5.41, 5.74) is 0.754. The number of hydrogen-bond donors (Lipinski definition) is 1. The maximum atomic E-state index is 13.0. The standard InChI is InChI=1S/C23H28FN5O2S/c1-32-23-28-27-20(29(23)18-5-2-3-6-18)7-4-14-25-21(30)12-13-22-26-15-19(31-22)16-8-10-17(24)11-9-16/h8-11,15,18H,2-7,12-14H2,1H3,(H,25,30). The van der Waals surface area contributed by atoms with E-state index in [1.54, 1.807) is 30.1 Å². The van der Waals surface area contributed by atoms with Gasteiger partial charge in [-0.3, -0.25) is 4.79 Å². The van der Waals surface area contributed by atoms with Crippen molar-refractivity contribution in [2.45, 2.75) is 62.6 Å². The number of aryl methyl sites for hydroxylation is 2. The summed E-state index contributed by atoms with van der Waals surface area (Å²) in [4.78, 5) is 16.4. The number of carbonyl (C=O) groups is 1. The molecule has 1 amide bonds. The first-order chi connectivity index (χ1) is 15.6. The summed E-state index contributed by atoms with van der Waals surface area (Å²) in [6.45, 7) is 0.595. The van der Waals surface area contributed by atoms with E-state index in [4.69, 9.17) is 4.42 Å². The van der Waals surface area contributed by atoms with Gasteiger partial charge in [0.1, 0.15) is 11.6 Å². The number of thioether (sulfide) groups is 1. The minimum absolute atomic E-state index is 0.0337. The third-order valence-corrected chi connectivity index (χ3v) is 6.40. The van der Waals surface area contributed by atoms with Gasteiger partial charge in [-0.1, -0.05) is 24.6 Å². The molecule has 4 rings (SSSR count). The lowest BCUT2D eigenvalue weighted by Crippen LogP contribution is -2.25. The van der Waals surface area contributed by atoms with Crippen molar-refractivity contribution in [3.63, 3.8) is 0 Å². The fourth-order valence-corrected chi connectivity index (χ4v) is 4.68. The van der Waals surface area contributed by atoms with E-state index < -0.39 is 0 Å². The van der Waals surface area contributed by atoms with E-state index in [1.807, 2.05) is 6.26 Å². The Kier molecular flexibility index (Phi) is 7.57. The molecule has 32 heavy (non-hydrogen) atoms. The van der Waals surface area contributed by atoms with Crippen molar-refractivity contribution < 1.29 is 13.6 Å². The summed E-state index contributed by atoms with van der Waals surface area (Å²) >= 11 is 1.64. The monoisotopic (exact) mass is 457 g/mol. The molecule has 1 N–H and O–H groups in total. The van der Waals surface area contributed by atoms with E-state index >= 15 is 0 Å². The third kappa shape index (κ3) is 5.56. The van der Waals surface area contributed by atoms with E-state index in [9.17, 15) is 9.18 Å². The molecule has 1 fully saturated rings. The maximum absolute atomic E-state index is 13.0. The quantitative estimate of drug-likeness (QED) is 0.354. The van der Waals surface area contributed by atoms with Gasteiger partial charge in [0.15, 0.2) is 16.8 Å². The van der Waals surface area contributed by atoms with Crippen LogP contribution in [0.1, 0.15) is 56.3 Å². The molecule has 7 nitrogen and oxygen atoms in total. The molecule has 0 radical (unpaired) electrons. The maximum Gasteiger partial charge on any atom is 0.220 e. The van der Waals surface area contributed by atoms with Crippen molar-refractivity contribution in [3.05, 3.63) is 48.0 Å². The van der Waals surface area contributed by atoms with Gasteiger partial charge in [-0.2, -0.15) is 0 Å². The highest BCUT2D eigenvalue weighted by Crippen LogP contribution is 2.33. The van der Waals surface area contributed by atoms with Crippen LogP contribution in [0.15, 0.2) is 40.0 Å². The molecule has 0 atom stereocenters. The van der Waals surface area contributed by atoms with Crippen LogP contribution in [0.3, 0.4) is 0 Å². The predicted molar refractivity (Wildman–Crippen MR) is 121 cm³/mol. The van der Waals surface area contributed by atoms with Gasteiger partial charge in [-0.25, -0.2) is 9.37 Å². The van der Waals surface area contributed by atoms with Crippen molar-refractivity contribution >= 4 is 17.7 Å². The molecule has 1 aliphatic carbocycles. The number of aromatic nitrogens is 4. The van der Waals surface area contributed by atoms with E-state index in [2.05, 4.69) is 25.1 Å². The highest BCUT2D eigenvalue weighted by atomic mass is 32.2. The highest BCUT2D eigenvalue weighted by molar-refractivity contribution is 7.98. The van der Waals surface area contributed by atoms with Crippen molar-refractivity contribution in [1.82, 2.24) is 25.1 Å². The molecule has 0 spiro atoms. The van der Waals surface area contributed by atoms with Crippen molar-refractivity contribution in [1.29, 1.82) is 0 Å². The van der Waals surface area contributed by atoms with Crippen molar-refractivity contribution in [3.8, 4) is 11.3 Å². The normalized spacial score (nSPS) is 14.2. The Labute approximate surface area is 191 Å². The summed E-state index contributed by atoms with van der Waals surface area (Å²) in [6, 6.07) is 6.55. The minimum atomic E-state index is -0.298. The molecule has 1 aromatic carbocycles. The van der Waals surface area contributed by atoms with Gasteiger partial charge in [0, 0.05) is 37.4 Å². The Balaban J connectivity index is 1.20. The molecular formula is C23H28FN5O2S. The van der Waals surface area contributed by atoms with Crippen molar-refractivity contribution in [2.24, 2.45) is 0 Å². The Morgan fingerprint density at radius 3 is 2.75 bits per heavy atom. The smallest absolute Gasteiger partial charge is 0.220 e. The Morgan fingerprint density at radius 1 is 1.22 bits per heavy atom. The van der Waals surface area contributed by atoms with Crippen LogP contribution >= 0.6 is 11.8 Å². The molecule has 2 aromatic heterocycles. The number of halogens is 1. The lowest BCUT2D eigenvalue weighted by atomic mass is 10.2. The van der Waals surface area contributed by atoms with Gasteiger partial charge in [-0.15, -0.1) is 10.2 Å². The van der Waals surface area contributed by atoms with Gasteiger partial charge in [0.25, 0.3) is 0 Å². The number of nitrogens with one attached hydrogen (secondary N) is 1. The van der Waals surface area contributed by atoms with Crippen LogP contribution in [0.2, 0.25) is 0 Å². The zero-order chi connectivity index (χ0) is 22.3. The lowest BCUT2D eigenvalue weighted by molar-refractivity contribution is -0.121. The van der Waals surface area contributed by atoms with Gasteiger partial charge in [-0.05, 0) is 49.8 Å². The van der Waals surface area contributed by atoms with Crippen molar-refractivity contribution in [2.75, 3.05) is 12.8 Å². The van der Waals surface area contributed by atoms with E-state index in [0.717, 1.165) is 29.4 Å². The average Bonchev–Trinajstić information content (AvgIpc) is 3.56. The van der Waals surface area contributed by atoms with Gasteiger partial charge in [0.2, 0.25) is 5.91 Å². The Bertz CT molecular complexity index is 1030. The average molecular weight is 458 g/mol. The summed E-state index contributed by atoms with van der Waals surface area (Å²) in [6.07, 6.45) is 10.9. The molecular weight excluding hydrogens is 429 g/mol. The molecule has 1 aliphatic rings. The Hall–Kier alpha value is -2.68. The molecule has 0 bridgehead atoms. The van der Waals surface area contributed by atoms with Crippen LogP contribution in [-0.2, 0) is 17.6 Å². The number of hydrogen-bond acceptors (Lipinski definition) is 6. The summed E-state index contributed by atoms with van der Waals surface area (Å²) in [5, 5.41) is 12.7. The number of benzene rings is 1. The second-order valence-corrected chi connectivity index (χ2v) is 8.76. The predicted octanol–water partition coefficient (Wildman–Crippen LogP) is 4.59. The zero-order valence-corrected chi connectivity index (χ0v) is 19.0. The third-order valence-electron chi connectivity index (χ3n) is 5.76. The summed E-state index contributed by atoms with van der Waals surface area (Å²) in [5.74, 6) is 1.75. The first-order valence-corrected chi connectivity index (χ1v) is 12.3. The zero-order valence-electron chi connectivity index (χ0n) is 18.2. The molecule has 9 heteroatoms. The Morgan fingerprint density at radius 2 is 2.00 bits per heavy atom. The number of rotatable bonds is 10. The van der Waals surface area contributed by atoms with Crippen LogP contribution < -0.4 is 5.32 Å². The summed E-state index contributed by atoms with van der Waals surface area (Å²) < 4.78 is 21.0. The molecule has 1 saturated carbocycles. The van der Waals surface area contributed by atoms with Crippen LogP contribution in [-0.4, -0.2) is 38.5 Å². The second kappa shape index (κ2) is 10.8. The second-order valence-electron chi connectivity index (χ2n) is 7.99. The molecule has 0 saturated heterocycles. The first-order valence-electron chi connectivity index (χ1n) is 11.1. The molecule has 2 heterocycles. The summed E-state index contributed by atoms with van der Waals surface area (Å²) in [7, 11) is 0. The fourth-order valence-electron chi connectivity index (χ4n) is 4.10.